The van der Waals surface area contributed by atoms with Crippen LogP contribution >= 0.6 is 0 Å². The fourth-order valence-corrected chi connectivity index (χ4v) is 4.18. The predicted molar refractivity (Wildman–Crippen MR) is 97.8 cm³/mol. The van der Waals surface area contributed by atoms with Gasteiger partial charge in [-0.2, -0.15) is 0 Å². The summed E-state index contributed by atoms with van der Waals surface area (Å²) < 4.78 is 32.9. The van der Waals surface area contributed by atoms with E-state index in [1.54, 1.807) is 4.90 Å². The first-order chi connectivity index (χ1) is 11.5. The van der Waals surface area contributed by atoms with Crippen molar-refractivity contribution in [2.45, 2.75) is 57.9 Å². The zero-order chi connectivity index (χ0) is 18.7. The maximum Gasteiger partial charge on any atom is 0.410 e. The quantitative estimate of drug-likeness (QED) is 0.887. The molecule has 1 aliphatic heterocycles. The molecule has 1 aromatic rings. The normalized spacial score (nSPS) is 18.9. The van der Waals surface area contributed by atoms with Gasteiger partial charge in [0.05, 0.1) is 5.75 Å². The number of piperidine rings is 1. The van der Waals surface area contributed by atoms with Crippen LogP contribution in [-0.4, -0.2) is 44.1 Å². The number of carbonyl (C=O) groups is 1. The molecule has 1 heterocycles. The molecule has 1 aliphatic rings. The van der Waals surface area contributed by atoms with Gasteiger partial charge in [-0.25, -0.2) is 17.9 Å². The minimum Gasteiger partial charge on any atom is -0.444 e. The Morgan fingerprint density at radius 2 is 1.92 bits per heavy atom. The molecule has 1 fully saturated rings. The fourth-order valence-electron chi connectivity index (χ4n) is 2.76. The fraction of sp³-hybridized carbons (Fsp3) is 0.611. The van der Waals surface area contributed by atoms with Crippen LogP contribution in [0, 0.1) is 6.92 Å². The van der Waals surface area contributed by atoms with Gasteiger partial charge in [0, 0.05) is 19.1 Å². The van der Waals surface area contributed by atoms with Crippen molar-refractivity contribution in [3.8, 4) is 0 Å². The van der Waals surface area contributed by atoms with E-state index in [4.69, 9.17) is 4.74 Å². The number of hydrogen-bond donors (Lipinski definition) is 1. The lowest BCUT2D eigenvalue weighted by Crippen LogP contribution is -2.50. The average molecular weight is 368 g/mol. The molecule has 0 aliphatic carbocycles. The van der Waals surface area contributed by atoms with E-state index >= 15 is 0 Å². The first-order valence-electron chi connectivity index (χ1n) is 8.57. The number of likely N-dealkylation sites (tertiary alicyclic amines) is 1. The zero-order valence-corrected chi connectivity index (χ0v) is 16.2. The molecule has 1 atom stereocenters. The van der Waals surface area contributed by atoms with E-state index in [0.29, 0.717) is 19.5 Å². The molecule has 0 saturated carbocycles. The van der Waals surface area contributed by atoms with Crippen LogP contribution in [-0.2, 0) is 20.5 Å². The van der Waals surface area contributed by atoms with Gasteiger partial charge in [0.2, 0.25) is 10.0 Å². The van der Waals surface area contributed by atoms with Gasteiger partial charge < -0.3 is 9.64 Å². The van der Waals surface area contributed by atoms with Crippen LogP contribution in [0.1, 0.15) is 44.7 Å². The van der Waals surface area contributed by atoms with Crippen molar-refractivity contribution in [3.05, 3.63) is 35.4 Å². The Hall–Kier alpha value is -1.60. The second kappa shape index (κ2) is 7.74. The topological polar surface area (TPSA) is 75.7 Å². The number of benzene rings is 1. The third-order valence-corrected chi connectivity index (χ3v) is 5.30. The van der Waals surface area contributed by atoms with E-state index in [-0.39, 0.29) is 11.8 Å². The molecular formula is C18H28N2O4S. The first kappa shape index (κ1) is 19.7. The number of nitrogens with zero attached hydrogens (tertiary/aromatic N) is 1. The third kappa shape index (κ3) is 6.66. The van der Waals surface area contributed by atoms with Crippen molar-refractivity contribution in [2.75, 3.05) is 13.1 Å². The monoisotopic (exact) mass is 368 g/mol. The van der Waals surface area contributed by atoms with Crippen LogP contribution in [0.3, 0.4) is 0 Å². The van der Waals surface area contributed by atoms with Gasteiger partial charge in [0.25, 0.3) is 0 Å². The summed E-state index contributed by atoms with van der Waals surface area (Å²) in [7, 11) is -3.46. The highest BCUT2D eigenvalue weighted by Crippen LogP contribution is 2.16. The van der Waals surface area contributed by atoms with Crippen molar-refractivity contribution >= 4 is 16.1 Å². The molecule has 1 amide bonds. The Balaban J connectivity index is 1.94. The Morgan fingerprint density at radius 1 is 1.28 bits per heavy atom. The van der Waals surface area contributed by atoms with E-state index in [1.165, 1.54) is 0 Å². The largest absolute Gasteiger partial charge is 0.444 e. The molecule has 140 valence electrons. The molecule has 1 aromatic carbocycles. The van der Waals surface area contributed by atoms with E-state index in [1.807, 2.05) is 52.0 Å². The minimum atomic E-state index is -3.46. The van der Waals surface area contributed by atoms with Crippen LogP contribution in [0.25, 0.3) is 0 Å². The Labute approximate surface area is 150 Å². The summed E-state index contributed by atoms with van der Waals surface area (Å²) in [6.07, 6.45) is 1.07. The first-order valence-corrected chi connectivity index (χ1v) is 10.2. The third-order valence-electron chi connectivity index (χ3n) is 3.90. The van der Waals surface area contributed by atoms with E-state index in [2.05, 4.69) is 4.72 Å². The highest BCUT2D eigenvalue weighted by Gasteiger charge is 2.29. The molecule has 0 radical (unpaired) electrons. The summed E-state index contributed by atoms with van der Waals surface area (Å²) in [5, 5.41) is 0. The van der Waals surface area contributed by atoms with Crippen LogP contribution in [0.5, 0.6) is 0 Å². The van der Waals surface area contributed by atoms with Crippen molar-refractivity contribution in [2.24, 2.45) is 0 Å². The SMILES string of the molecule is Cc1ccc(CS(=O)(=O)NC2CCCN(C(=O)OC(C)(C)C)C2)cc1. The molecule has 1 unspecified atom stereocenters. The van der Waals surface area contributed by atoms with Gasteiger partial charge in [0.1, 0.15) is 5.60 Å². The summed E-state index contributed by atoms with van der Waals surface area (Å²) in [5.74, 6) is -0.0593. The molecule has 0 spiro atoms. The highest BCUT2D eigenvalue weighted by atomic mass is 32.2. The Bertz CT molecular complexity index is 693. The predicted octanol–water partition coefficient (Wildman–Crippen LogP) is 2.81. The summed E-state index contributed by atoms with van der Waals surface area (Å²) in [6.45, 7) is 8.33. The van der Waals surface area contributed by atoms with Gasteiger partial charge in [0.15, 0.2) is 0 Å². The molecule has 1 N–H and O–H groups in total. The highest BCUT2D eigenvalue weighted by molar-refractivity contribution is 7.88. The van der Waals surface area contributed by atoms with Crippen LogP contribution < -0.4 is 4.72 Å². The maximum absolute atomic E-state index is 12.4. The average Bonchev–Trinajstić information content (AvgIpc) is 2.47. The molecule has 0 bridgehead atoms. The second-order valence-corrected chi connectivity index (χ2v) is 9.38. The summed E-state index contributed by atoms with van der Waals surface area (Å²) in [5.41, 5.74) is 1.28. The zero-order valence-electron chi connectivity index (χ0n) is 15.4. The van der Waals surface area contributed by atoms with Gasteiger partial charge in [-0.05, 0) is 46.1 Å². The smallest absolute Gasteiger partial charge is 0.410 e. The van der Waals surface area contributed by atoms with E-state index in [9.17, 15) is 13.2 Å². The molecular weight excluding hydrogens is 340 g/mol. The standard InChI is InChI=1S/C18H28N2O4S/c1-14-7-9-15(10-8-14)13-25(22,23)19-16-6-5-11-20(12-16)17(21)24-18(2,3)4/h7-10,16,19H,5-6,11-13H2,1-4H3. The molecule has 7 heteroatoms. The number of hydrogen-bond acceptors (Lipinski definition) is 4. The number of nitrogens with one attached hydrogen (secondary N) is 1. The number of amides is 1. The van der Waals surface area contributed by atoms with Crippen molar-refractivity contribution < 1.29 is 17.9 Å². The van der Waals surface area contributed by atoms with Gasteiger partial charge in [-0.1, -0.05) is 29.8 Å². The maximum atomic E-state index is 12.4. The van der Waals surface area contributed by atoms with Crippen LogP contribution in [0.2, 0.25) is 0 Å². The van der Waals surface area contributed by atoms with Gasteiger partial charge >= 0.3 is 6.09 Å². The van der Waals surface area contributed by atoms with E-state index < -0.39 is 21.7 Å². The number of sulfonamides is 1. The van der Waals surface area contributed by atoms with E-state index in [0.717, 1.165) is 17.5 Å². The summed E-state index contributed by atoms with van der Waals surface area (Å²) in [4.78, 5) is 13.8. The van der Waals surface area contributed by atoms with Crippen molar-refractivity contribution in [3.63, 3.8) is 0 Å². The van der Waals surface area contributed by atoms with Crippen molar-refractivity contribution in [1.29, 1.82) is 0 Å². The lowest BCUT2D eigenvalue weighted by molar-refractivity contribution is 0.0195. The summed E-state index contributed by atoms with van der Waals surface area (Å²) >= 11 is 0. The molecule has 0 aromatic heterocycles. The second-order valence-electron chi connectivity index (χ2n) is 7.63. The van der Waals surface area contributed by atoms with Crippen LogP contribution in [0.15, 0.2) is 24.3 Å². The van der Waals surface area contributed by atoms with Gasteiger partial charge in [-0.15, -0.1) is 0 Å². The summed E-state index contributed by atoms with van der Waals surface area (Å²) in [6, 6.07) is 7.16. The number of aryl methyl sites for hydroxylation is 1. The minimum absolute atomic E-state index is 0.0593. The lowest BCUT2D eigenvalue weighted by Gasteiger charge is -2.34. The molecule has 1 saturated heterocycles. The Morgan fingerprint density at radius 3 is 2.52 bits per heavy atom. The number of ether oxygens (including phenoxy) is 1. The number of carbonyl (C=O) groups excluding carboxylic acids is 1. The molecule has 25 heavy (non-hydrogen) atoms. The van der Waals surface area contributed by atoms with Crippen LogP contribution in [0.4, 0.5) is 4.79 Å². The lowest BCUT2D eigenvalue weighted by atomic mass is 10.1. The molecule has 6 nitrogen and oxygen atoms in total. The molecule has 2 rings (SSSR count). The Kier molecular flexibility index (Phi) is 6.11. The van der Waals surface area contributed by atoms with Crippen molar-refractivity contribution in [1.82, 2.24) is 9.62 Å². The van der Waals surface area contributed by atoms with Gasteiger partial charge in [-0.3, -0.25) is 0 Å². The number of rotatable bonds is 4.